The van der Waals surface area contributed by atoms with Crippen LogP contribution in [0.4, 0.5) is 0 Å². The third kappa shape index (κ3) is 2.80. The van der Waals surface area contributed by atoms with Crippen molar-refractivity contribution in [3.8, 4) is 0 Å². The molecule has 0 bridgehead atoms. The van der Waals surface area contributed by atoms with E-state index in [4.69, 9.17) is 0 Å². The Morgan fingerprint density at radius 2 is 2.00 bits per heavy atom. The van der Waals surface area contributed by atoms with Gasteiger partial charge in [0.2, 0.25) is 0 Å². The molecule has 1 N–H and O–H groups in total. The lowest BCUT2D eigenvalue weighted by Crippen LogP contribution is -2.25. The summed E-state index contributed by atoms with van der Waals surface area (Å²) in [5, 5.41) is 3.48. The SMILES string of the molecule is C=C/C=C(\C=C/C)NC1=CC=CC2C=CC=CC12. The van der Waals surface area contributed by atoms with Crippen molar-refractivity contribution >= 4 is 0 Å². The summed E-state index contributed by atoms with van der Waals surface area (Å²) < 4.78 is 0. The molecule has 2 rings (SSSR count). The van der Waals surface area contributed by atoms with Crippen LogP contribution in [0.2, 0.25) is 0 Å². The summed E-state index contributed by atoms with van der Waals surface area (Å²) in [6, 6.07) is 0. The summed E-state index contributed by atoms with van der Waals surface area (Å²) in [6.07, 6.45) is 23.1. The smallest absolute Gasteiger partial charge is 0.0378 e. The van der Waals surface area contributed by atoms with E-state index in [1.807, 2.05) is 19.1 Å². The zero-order valence-corrected chi connectivity index (χ0v) is 10.7. The highest BCUT2D eigenvalue weighted by atomic mass is 14.9. The van der Waals surface area contributed by atoms with Gasteiger partial charge in [0.05, 0.1) is 0 Å². The monoisotopic (exact) mass is 237 g/mol. The van der Waals surface area contributed by atoms with Crippen LogP contribution in [0.3, 0.4) is 0 Å². The molecular weight excluding hydrogens is 218 g/mol. The topological polar surface area (TPSA) is 12.0 Å². The van der Waals surface area contributed by atoms with Crippen LogP contribution in [0.1, 0.15) is 6.92 Å². The average molecular weight is 237 g/mol. The summed E-state index contributed by atoms with van der Waals surface area (Å²) in [7, 11) is 0. The second-order valence-electron chi connectivity index (χ2n) is 4.36. The number of hydrogen-bond donors (Lipinski definition) is 1. The van der Waals surface area contributed by atoms with Crippen LogP contribution in [0.15, 0.2) is 84.8 Å². The highest BCUT2D eigenvalue weighted by Gasteiger charge is 2.22. The standard InChI is InChI=1S/C17H19N/c1-3-8-15(9-4-2)18-17-13-7-11-14-10-5-6-12-16(14)17/h3-14,16,18H,1H2,2H3/b9-4-,15-8+. The molecule has 92 valence electrons. The maximum absolute atomic E-state index is 3.75. The molecule has 18 heavy (non-hydrogen) atoms. The van der Waals surface area contributed by atoms with Crippen molar-refractivity contribution in [2.75, 3.05) is 0 Å². The van der Waals surface area contributed by atoms with Gasteiger partial charge in [0, 0.05) is 23.2 Å². The maximum Gasteiger partial charge on any atom is 0.0378 e. The summed E-state index contributed by atoms with van der Waals surface area (Å²) in [4.78, 5) is 0. The van der Waals surface area contributed by atoms with E-state index >= 15 is 0 Å². The molecule has 0 aromatic carbocycles. The Labute approximate surface area is 109 Å². The van der Waals surface area contributed by atoms with Crippen LogP contribution in [-0.4, -0.2) is 0 Å². The first-order chi connectivity index (χ1) is 8.85. The highest BCUT2D eigenvalue weighted by Crippen LogP contribution is 2.30. The molecule has 2 aliphatic rings. The molecule has 1 nitrogen and oxygen atoms in total. The average Bonchev–Trinajstić information content (AvgIpc) is 2.40. The van der Waals surface area contributed by atoms with Crippen molar-refractivity contribution in [3.63, 3.8) is 0 Å². The molecule has 0 amide bonds. The molecule has 0 spiro atoms. The van der Waals surface area contributed by atoms with E-state index in [2.05, 4.69) is 60.5 Å². The van der Waals surface area contributed by atoms with Gasteiger partial charge < -0.3 is 5.32 Å². The molecule has 0 saturated carbocycles. The van der Waals surface area contributed by atoms with E-state index < -0.39 is 0 Å². The molecule has 1 heteroatoms. The van der Waals surface area contributed by atoms with Crippen molar-refractivity contribution in [3.05, 3.63) is 84.8 Å². The summed E-state index contributed by atoms with van der Waals surface area (Å²) in [5.41, 5.74) is 2.30. The predicted molar refractivity (Wildman–Crippen MR) is 78.7 cm³/mol. The first-order valence-electron chi connectivity index (χ1n) is 6.31. The summed E-state index contributed by atoms with van der Waals surface area (Å²) in [5.74, 6) is 0.886. The minimum Gasteiger partial charge on any atom is -0.358 e. The molecule has 0 aromatic rings. The Hall–Kier alpha value is -2.02. The van der Waals surface area contributed by atoms with Gasteiger partial charge in [0.1, 0.15) is 0 Å². The fourth-order valence-electron chi connectivity index (χ4n) is 2.25. The van der Waals surface area contributed by atoms with E-state index in [0.717, 1.165) is 5.70 Å². The zero-order chi connectivity index (χ0) is 12.8. The van der Waals surface area contributed by atoms with Crippen molar-refractivity contribution in [1.82, 2.24) is 5.32 Å². The normalized spacial score (nSPS) is 26.1. The van der Waals surface area contributed by atoms with Crippen molar-refractivity contribution < 1.29 is 0 Å². The van der Waals surface area contributed by atoms with Crippen molar-refractivity contribution in [2.24, 2.45) is 11.8 Å². The Morgan fingerprint density at radius 1 is 1.22 bits per heavy atom. The van der Waals surface area contributed by atoms with Crippen LogP contribution >= 0.6 is 0 Å². The van der Waals surface area contributed by atoms with Gasteiger partial charge in [0.15, 0.2) is 0 Å². The molecule has 0 radical (unpaired) electrons. The largest absolute Gasteiger partial charge is 0.358 e. The highest BCUT2D eigenvalue weighted by molar-refractivity contribution is 5.36. The van der Waals surface area contributed by atoms with Crippen molar-refractivity contribution in [2.45, 2.75) is 6.92 Å². The van der Waals surface area contributed by atoms with Crippen LogP contribution in [0.25, 0.3) is 0 Å². The van der Waals surface area contributed by atoms with Crippen molar-refractivity contribution in [1.29, 1.82) is 0 Å². The first kappa shape index (κ1) is 12.4. The predicted octanol–water partition coefficient (Wildman–Crippen LogP) is 4.03. The molecule has 2 unspecified atom stereocenters. The van der Waals surface area contributed by atoms with Crippen LogP contribution in [0.5, 0.6) is 0 Å². The van der Waals surface area contributed by atoms with Gasteiger partial charge in [-0.15, -0.1) is 0 Å². The molecular formula is C17H19N. The van der Waals surface area contributed by atoms with E-state index in [-0.39, 0.29) is 0 Å². The summed E-state index contributed by atoms with van der Waals surface area (Å²) in [6.45, 7) is 5.76. The lowest BCUT2D eigenvalue weighted by molar-refractivity contribution is 0.591. The van der Waals surface area contributed by atoms with Gasteiger partial charge in [-0.25, -0.2) is 0 Å². The van der Waals surface area contributed by atoms with Crippen LogP contribution in [0, 0.1) is 11.8 Å². The van der Waals surface area contributed by atoms with E-state index in [0.29, 0.717) is 11.8 Å². The second kappa shape index (κ2) is 6.06. The molecule has 2 aliphatic carbocycles. The minimum atomic E-state index is 0.415. The van der Waals surface area contributed by atoms with Gasteiger partial charge >= 0.3 is 0 Å². The number of fused-ring (bicyclic) bond motifs is 1. The van der Waals surface area contributed by atoms with Gasteiger partial charge in [-0.1, -0.05) is 55.2 Å². The number of nitrogens with one attached hydrogen (secondary N) is 1. The molecule has 2 atom stereocenters. The Morgan fingerprint density at radius 3 is 2.78 bits per heavy atom. The third-order valence-electron chi connectivity index (χ3n) is 3.08. The number of allylic oxidation sites excluding steroid dienone is 11. The van der Waals surface area contributed by atoms with E-state index in [1.54, 1.807) is 6.08 Å². The van der Waals surface area contributed by atoms with Crippen LogP contribution in [-0.2, 0) is 0 Å². The fraction of sp³-hybridized carbons (Fsp3) is 0.176. The molecule has 0 saturated heterocycles. The Kier molecular flexibility index (Phi) is 4.19. The van der Waals surface area contributed by atoms with E-state index in [9.17, 15) is 0 Å². The lowest BCUT2D eigenvalue weighted by atomic mass is 9.82. The van der Waals surface area contributed by atoms with Gasteiger partial charge in [-0.3, -0.25) is 0 Å². The summed E-state index contributed by atoms with van der Waals surface area (Å²) >= 11 is 0. The maximum atomic E-state index is 3.75. The lowest BCUT2D eigenvalue weighted by Gasteiger charge is -2.28. The van der Waals surface area contributed by atoms with Gasteiger partial charge in [-0.05, 0) is 25.2 Å². The third-order valence-corrected chi connectivity index (χ3v) is 3.08. The quantitative estimate of drug-likeness (QED) is 0.728. The Bertz CT molecular complexity index is 484. The first-order valence-corrected chi connectivity index (χ1v) is 6.31. The second-order valence-corrected chi connectivity index (χ2v) is 4.36. The Balaban J connectivity index is 2.17. The van der Waals surface area contributed by atoms with Gasteiger partial charge in [-0.2, -0.15) is 0 Å². The fourth-order valence-corrected chi connectivity index (χ4v) is 2.25. The van der Waals surface area contributed by atoms with Crippen LogP contribution < -0.4 is 5.32 Å². The van der Waals surface area contributed by atoms with Gasteiger partial charge in [0.25, 0.3) is 0 Å². The minimum absolute atomic E-state index is 0.415. The van der Waals surface area contributed by atoms with E-state index in [1.165, 1.54) is 5.70 Å². The molecule has 0 fully saturated rings. The number of rotatable bonds is 4. The molecule has 0 aliphatic heterocycles. The molecule has 0 heterocycles. The molecule has 0 aromatic heterocycles. The number of hydrogen-bond acceptors (Lipinski definition) is 1. The zero-order valence-electron chi connectivity index (χ0n) is 10.7.